The Bertz CT molecular complexity index is 895. The molecule has 4 rings (SSSR count). The van der Waals surface area contributed by atoms with Gasteiger partial charge in [-0.2, -0.15) is 0 Å². The van der Waals surface area contributed by atoms with Crippen molar-refractivity contribution in [2.24, 2.45) is 0 Å². The fourth-order valence-electron chi connectivity index (χ4n) is 3.65. The highest BCUT2D eigenvalue weighted by Gasteiger charge is 2.29. The molecule has 1 aromatic carbocycles. The molecular weight excluding hydrogens is 300 g/mol. The monoisotopic (exact) mass is 320 g/mol. The number of fused-ring (bicyclic) bond motifs is 1. The Morgan fingerprint density at radius 1 is 1.21 bits per heavy atom. The molecule has 2 aromatic heterocycles. The number of nitrogens with zero attached hydrogens (tertiary/aromatic N) is 4. The van der Waals surface area contributed by atoms with Crippen LogP contribution < -0.4 is 0 Å². The van der Waals surface area contributed by atoms with Crippen LogP contribution in [0.25, 0.3) is 10.9 Å². The molecule has 1 aliphatic rings. The second-order valence-electron chi connectivity index (χ2n) is 6.42. The molecule has 1 aliphatic heterocycles. The summed E-state index contributed by atoms with van der Waals surface area (Å²) >= 11 is 0. The molecule has 3 heterocycles. The lowest BCUT2D eigenvalue weighted by molar-refractivity contribution is 0.0787. The summed E-state index contributed by atoms with van der Waals surface area (Å²) in [5, 5.41) is 1.00. The second-order valence-corrected chi connectivity index (χ2v) is 6.42. The van der Waals surface area contributed by atoms with Crippen molar-refractivity contribution in [2.45, 2.75) is 26.3 Å². The van der Waals surface area contributed by atoms with E-state index in [1.54, 1.807) is 6.20 Å². The van der Waals surface area contributed by atoms with Crippen LogP contribution in [0.5, 0.6) is 0 Å². The highest BCUT2D eigenvalue weighted by Crippen LogP contribution is 2.26. The maximum absolute atomic E-state index is 12.9. The molecule has 5 heteroatoms. The molecule has 1 fully saturated rings. The Morgan fingerprint density at radius 3 is 2.88 bits per heavy atom. The van der Waals surface area contributed by atoms with Gasteiger partial charge in [-0.05, 0) is 44.5 Å². The number of aryl methyl sites for hydroxylation is 2. The van der Waals surface area contributed by atoms with Crippen LogP contribution in [-0.4, -0.2) is 38.4 Å². The fraction of sp³-hybridized carbons (Fsp3) is 0.316. The molecule has 1 atom stereocenters. The Morgan fingerprint density at radius 2 is 2.08 bits per heavy atom. The molecule has 0 spiro atoms. The van der Waals surface area contributed by atoms with Crippen molar-refractivity contribution < 1.29 is 4.79 Å². The number of aromatic nitrogens is 3. The number of rotatable bonds is 2. The third-order valence-corrected chi connectivity index (χ3v) is 4.83. The summed E-state index contributed by atoms with van der Waals surface area (Å²) in [5.41, 5.74) is 2.80. The number of carbonyl (C=O) groups is 1. The molecule has 0 radical (unpaired) electrons. The lowest BCUT2D eigenvalue weighted by Crippen LogP contribution is -2.29. The van der Waals surface area contributed by atoms with Crippen LogP contribution >= 0.6 is 0 Å². The third kappa shape index (κ3) is 2.46. The largest absolute Gasteiger partial charge is 0.336 e. The molecule has 0 aliphatic carbocycles. The number of amides is 1. The Labute approximate surface area is 140 Å². The summed E-state index contributed by atoms with van der Waals surface area (Å²) in [6.07, 6.45) is 4.64. The smallest absolute Gasteiger partial charge is 0.253 e. The molecule has 24 heavy (non-hydrogen) atoms. The quantitative estimate of drug-likeness (QED) is 0.729. The van der Waals surface area contributed by atoms with Gasteiger partial charge in [0.25, 0.3) is 5.91 Å². The molecule has 1 saturated heterocycles. The molecule has 0 saturated carbocycles. The van der Waals surface area contributed by atoms with Gasteiger partial charge in [-0.25, -0.2) is 4.98 Å². The minimum absolute atomic E-state index is 0.0960. The first-order valence-corrected chi connectivity index (χ1v) is 8.28. The van der Waals surface area contributed by atoms with Crippen molar-refractivity contribution >= 4 is 16.8 Å². The minimum atomic E-state index is 0.0960. The maximum Gasteiger partial charge on any atom is 0.253 e. The average Bonchev–Trinajstić information content (AvgIpc) is 3.20. The zero-order valence-corrected chi connectivity index (χ0v) is 13.9. The average molecular weight is 320 g/mol. The number of hydrogen-bond acceptors (Lipinski definition) is 3. The van der Waals surface area contributed by atoms with E-state index in [4.69, 9.17) is 0 Å². The molecular formula is C19H20N4O. The Balaban J connectivity index is 1.56. The lowest BCUT2D eigenvalue weighted by Gasteiger charge is -2.19. The van der Waals surface area contributed by atoms with Gasteiger partial charge < -0.3 is 9.47 Å². The van der Waals surface area contributed by atoms with Gasteiger partial charge in [0, 0.05) is 42.1 Å². The maximum atomic E-state index is 12.9. The molecule has 0 bridgehead atoms. The van der Waals surface area contributed by atoms with E-state index in [0.29, 0.717) is 6.04 Å². The number of likely N-dealkylation sites (tertiary alicyclic amines) is 1. The molecule has 122 valence electrons. The standard InChI is InChI=1S/C19H20N4O/c1-13-11-21-14(2)23(13)17-7-9-22(12-17)19(24)16-5-6-18-15(10-16)4-3-8-20-18/h3-6,8,10-11,17H,7,9,12H2,1-2H3. The topological polar surface area (TPSA) is 51.0 Å². The van der Waals surface area contributed by atoms with E-state index in [1.165, 1.54) is 0 Å². The number of hydrogen-bond donors (Lipinski definition) is 0. The lowest BCUT2D eigenvalue weighted by atomic mass is 10.1. The summed E-state index contributed by atoms with van der Waals surface area (Å²) in [6.45, 7) is 5.61. The Hall–Kier alpha value is -2.69. The van der Waals surface area contributed by atoms with Gasteiger partial charge >= 0.3 is 0 Å². The van der Waals surface area contributed by atoms with Gasteiger partial charge in [-0.3, -0.25) is 9.78 Å². The van der Waals surface area contributed by atoms with Gasteiger partial charge in [-0.15, -0.1) is 0 Å². The number of benzene rings is 1. The molecule has 1 amide bonds. The van der Waals surface area contributed by atoms with Crippen LogP contribution in [0.4, 0.5) is 0 Å². The van der Waals surface area contributed by atoms with Crippen molar-refractivity contribution in [3.05, 3.63) is 59.8 Å². The highest BCUT2D eigenvalue weighted by molar-refractivity contribution is 5.98. The fourth-order valence-corrected chi connectivity index (χ4v) is 3.65. The zero-order chi connectivity index (χ0) is 16.7. The normalized spacial score (nSPS) is 17.6. The van der Waals surface area contributed by atoms with Gasteiger partial charge in [0.2, 0.25) is 0 Å². The van der Waals surface area contributed by atoms with Crippen LogP contribution in [0.15, 0.2) is 42.7 Å². The van der Waals surface area contributed by atoms with Crippen molar-refractivity contribution in [2.75, 3.05) is 13.1 Å². The van der Waals surface area contributed by atoms with Crippen LogP contribution in [0.3, 0.4) is 0 Å². The van der Waals surface area contributed by atoms with E-state index >= 15 is 0 Å². The minimum Gasteiger partial charge on any atom is -0.336 e. The van der Waals surface area contributed by atoms with E-state index in [0.717, 1.165) is 47.5 Å². The first-order chi connectivity index (χ1) is 11.6. The number of pyridine rings is 1. The van der Waals surface area contributed by atoms with Crippen molar-refractivity contribution in [3.63, 3.8) is 0 Å². The van der Waals surface area contributed by atoms with Crippen LogP contribution in [0.1, 0.15) is 34.3 Å². The SMILES string of the molecule is Cc1cnc(C)n1C1CCN(C(=O)c2ccc3ncccc3c2)C1. The van der Waals surface area contributed by atoms with E-state index in [1.807, 2.05) is 48.4 Å². The summed E-state index contributed by atoms with van der Waals surface area (Å²) in [5.74, 6) is 1.11. The van der Waals surface area contributed by atoms with Gasteiger partial charge in [0.15, 0.2) is 0 Å². The van der Waals surface area contributed by atoms with Crippen molar-refractivity contribution in [1.29, 1.82) is 0 Å². The third-order valence-electron chi connectivity index (χ3n) is 4.83. The van der Waals surface area contributed by atoms with Crippen LogP contribution in [0.2, 0.25) is 0 Å². The molecule has 0 N–H and O–H groups in total. The summed E-state index contributed by atoms with van der Waals surface area (Å²) < 4.78 is 2.25. The van der Waals surface area contributed by atoms with Crippen molar-refractivity contribution in [1.82, 2.24) is 19.4 Å². The molecule has 5 nitrogen and oxygen atoms in total. The van der Waals surface area contributed by atoms with Gasteiger partial charge in [0.05, 0.1) is 11.6 Å². The number of carbonyl (C=O) groups excluding carboxylic acids is 1. The van der Waals surface area contributed by atoms with Gasteiger partial charge in [0.1, 0.15) is 5.82 Å². The molecule has 1 unspecified atom stereocenters. The van der Waals surface area contributed by atoms with Crippen molar-refractivity contribution in [3.8, 4) is 0 Å². The first kappa shape index (κ1) is 14.9. The van der Waals surface area contributed by atoms with Gasteiger partial charge in [-0.1, -0.05) is 6.07 Å². The predicted octanol–water partition coefficient (Wildman–Crippen LogP) is 3.14. The second kappa shape index (κ2) is 5.74. The summed E-state index contributed by atoms with van der Waals surface area (Å²) in [7, 11) is 0. The predicted molar refractivity (Wildman–Crippen MR) is 93.0 cm³/mol. The van der Waals surface area contributed by atoms with E-state index in [2.05, 4.69) is 21.5 Å². The Kier molecular flexibility index (Phi) is 3.56. The highest BCUT2D eigenvalue weighted by atomic mass is 16.2. The molecule has 3 aromatic rings. The van der Waals surface area contributed by atoms with E-state index < -0.39 is 0 Å². The first-order valence-electron chi connectivity index (χ1n) is 8.28. The summed E-state index contributed by atoms with van der Waals surface area (Å²) in [4.78, 5) is 23.5. The van der Waals surface area contributed by atoms with Crippen LogP contribution in [0, 0.1) is 13.8 Å². The summed E-state index contributed by atoms with van der Waals surface area (Å²) in [6, 6.07) is 9.93. The zero-order valence-electron chi connectivity index (χ0n) is 13.9. The van der Waals surface area contributed by atoms with Crippen LogP contribution in [-0.2, 0) is 0 Å². The van der Waals surface area contributed by atoms with E-state index in [9.17, 15) is 4.79 Å². The van der Waals surface area contributed by atoms with E-state index in [-0.39, 0.29) is 5.91 Å². The number of imidazole rings is 1.